The number of benzene rings is 3. The average molecular weight is 984 g/mol. The van der Waals surface area contributed by atoms with Crippen molar-refractivity contribution in [3.8, 4) is 0 Å². The third kappa shape index (κ3) is 15.2. The smallest absolute Gasteiger partial charge is 0.475 e. The first kappa shape index (κ1) is 53.8. The van der Waals surface area contributed by atoms with Gasteiger partial charge in [0.15, 0.2) is 6.23 Å². The number of unbranched alkanes of at least 4 members (excludes halogenated alkanes) is 1. The molecule has 2 fully saturated rings. The maximum absolute atomic E-state index is 13.3. The van der Waals surface area contributed by atoms with Crippen LogP contribution < -0.4 is 16.3 Å². The summed E-state index contributed by atoms with van der Waals surface area (Å²) in [6, 6.07) is 28.4. The van der Waals surface area contributed by atoms with E-state index in [1.165, 1.54) is 0 Å². The minimum Gasteiger partial charge on any atom is -0.475 e. The molecule has 2 aliphatic heterocycles. The number of aromatic nitrogens is 2. The third-order valence-corrected chi connectivity index (χ3v) is 16.1. The van der Waals surface area contributed by atoms with Gasteiger partial charge in [-0.05, 0) is 42.0 Å². The second-order valence-electron chi connectivity index (χ2n) is 18.3. The van der Waals surface area contributed by atoms with Crippen molar-refractivity contribution in [3.63, 3.8) is 0 Å². The first-order valence-electron chi connectivity index (χ1n) is 22.3. The molecule has 3 aromatic carbocycles. The fourth-order valence-corrected chi connectivity index (χ4v) is 12.8. The SMILES string of the molecule is CC(C)(C)[Si]1(C(C)(C)C)OC[C@H]2O[C@@H](n3ccc(NC(=O)OCc4ccccc4)nc3=NCCCC[C@H](NC(=O)OCc3ccccc3)C(=O)OCc3ccccc3)[C@H](O)[C@@H]2O1.O=C(O)C(F)(F)F. The molecule has 374 valence electrons. The van der Waals surface area contributed by atoms with E-state index >= 15 is 0 Å². The van der Waals surface area contributed by atoms with Gasteiger partial charge < -0.3 is 43.3 Å². The summed E-state index contributed by atoms with van der Waals surface area (Å²) in [5.41, 5.74) is 2.62. The predicted molar refractivity (Wildman–Crippen MR) is 246 cm³/mol. The molecule has 2 amide bonds. The quantitative estimate of drug-likeness (QED) is 0.0384. The summed E-state index contributed by atoms with van der Waals surface area (Å²) in [5, 5.41) is 23.8. The van der Waals surface area contributed by atoms with Gasteiger partial charge in [0.25, 0.3) is 0 Å². The van der Waals surface area contributed by atoms with Gasteiger partial charge >= 0.3 is 38.9 Å². The van der Waals surface area contributed by atoms with Crippen molar-refractivity contribution in [1.29, 1.82) is 0 Å². The summed E-state index contributed by atoms with van der Waals surface area (Å²) < 4.78 is 69.7. The van der Waals surface area contributed by atoms with Gasteiger partial charge in [-0.25, -0.2) is 19.2 Å². The molecule has 5 atom stereocenters. The third-order valence-electron chi connectivity index (χ3n) is 11.0. The number of fused-ring (bicyclic) bond motifs is 1. The van der Waals surface area contributed by atoms with E-state index in [0.29, 0.717) is 12.8 Å². The molecule has 4 aromatic rings. The van der Waals surface area contributed by atoms with Crippen LogP contribution in [-0.4, -0.2) is 96.1 Å². The zero-order valence-electron chi connectivity index (χ0n) is 39.3. The normalized spacial score (nSPS) is 19.5. The summed E-state index contributed by atoms with van der Waals surface area (Å²) in [5.74, 6) is -3.17. The standard InChI is InChI=1S/C46H59N5O10Si.C2HF3O2/c1-45(2,3)62(46(4,5)6)59-31-36-39(61-62)38(52)40(60-36)51-27-25-37(50-44(55)58-30-34-22-14-9-15-23-34)49-42(51)47-26-17-16-24-35(41(53)56-28-32-18-10-7-11-19-32)48-43(54)57-29-33-20-12-8-13-21-33;3-2(4,5)1(6)7/h7-15,18-23,25,27,35-36,38-40,52H,16-17,24,26,28-31H2,1-6H3,(H,48,54)(H,47,49,50,55);(H,6,7)/t35-,36+,38+,39+,40+;/m0./s1. The zero-order valence-corrected chi connectivity index (χ0v) is 40.3. The zero-order chi connectivity index (χ0) is 50.4. The number of hydrogen-bond acceptors (Lipinski definition) is 13. The molecule has 2 saturated heterocycles. The number of amides is 2. The van der Waals surface area contributed by atoms with Gasteiger partial charge in [-0.3, -0.25) is 14.9 Å². The number of halogens is 3. The van der Waals surface area contributed by atoms with Crippen LogP contribution in [0.3, 0.4) is 0 Å². The second kappa shape index (κ2) is 23.9. The molecule has 0 saturated carbocycles. The number of anilines is 1. The van der Waals surface area contributed by atoms with E-state index in [9.17, 15) is 32.7 Å². The van der Waals surface area contributed by atoms with Crippen molar-refractivity contribution >= 4 is 38.5 Å². The van der Waals surface area contributed by atoms with Crippen LogP contribution in [0.4, 0.5) is 28.6 Å². The van der Waals surface area contributed by atoms with Crippen LogP contribution in [0.5, 0.6) is 0 Å². The Morgan fingerprint density at radius 3 is 1.81 bits per heavy atom. The number of nitrogens with zero attached hydrogens (tertiary/aromatic N) is 3. The topological polar surface area (TPSA) is 218 Å². The van der Waals surface area contributed by atoms with Gasteiger partial charge in [-0.15, -0.1) is 0 Å². The lowest BCUT2D eigenvalue weighted by Gasteiger charge is -2.53. The van der Waals surface area contributed by atoms with Crippen LogP contribution in [0, 0.1) is 0 Å². The summed E-state index contributed by atoms with van der Waals surface area (Å²) in [4.78, 5) is 57.4. The number of aliphatic hydroxyl groups excluding tert-OH is 1. The number of aliphatic hydroxyl groups is 1. The Balaban J connectivity index is 0.00000118. The molecule has 21 heteroatoms. The van der Waals surface area contributed by atoms with Gasteiger partial charge in [0.2, 0.25) is 5.62 Å². The summed E-state index contributed by atoms with van der Waals surface area (Å²) >= 11 is 0. The van der Waals surface area contributed by atoms with Crippen LogP contribution in [-0.2, 0) is 57.2 Å². The molecule has 2 aliphatic rings. The average Bonchev–Trinajstić information content (AvgIpc) is 3.63. The van der Waals surface area contributed by atoms with E-state index in [2.05, 4.69) is 57.2 Å². The fourth-order valence-electron chi connectivity index (χ4n) is 7.86. The van der Waals surface area contributed by atoms with Crippen molar-refractivity contribution in [1.82, 2.24) is 14.9 Å². The van der Waals surface area contributed by atoms with Crippen LogP contribution in [0.2, 0.25) is 10.1 Å². The lowest BCUT2D eigenvalue weighted by molar-refractivity contribution is -0.192. The summed E-state index contributed by atoms with van der Waals surface area (Å²) in [7, 11) is -2.94. The number of carbonyl (C=O) groups is 4. The van der Waals surface area contributed by atoms with Crippen LogP contribution in [0.1, 0.15) is 83.7 Å². The highest BCUT2D eigenvalue weighted by atomic mass is 28.4. The minimum absolute atomic E-state index is 0.0407. The van der Waals surface area contributed by atoms with Gasteiger partial charge in [0, 0.05) is 22.8 Å². The fraction of sp³-hybridized carbons (Fsp3) is 0.458. The highest BCUT2D eigenvalue weighted by Gasteiger charge is 2.65. The van der Waals surface area contributed by atoms with E-state index in [0.717, 1.165) is 16.7 Å². The Kier molecular flexibility index (Phi) is 18.7. The number of carbonyl (C=O) groups excluding carboxylic acids is 3. The molecule has 4 N–H and O–H groups in total. The molecular formula is C48H60F3N5O12Si. The molecule has 0 spiro atoms. The number of carboxylic acid groups (broad SMARTS) is 1. The van der Waals surface area contributed by atoms with E-state index in [1.54, 1.807) is 16.8 Å². The van der Waals surface area contributed by atoms with Gasteiger partial charge in [-0.2, -0.15) is 18.2 Å². The molecule has 6 rings (SSSR count). The maximum atomic E-state index is 13.3. The van der Waals surface area contributed by atoms with Gasteiger partial charge in [-0.1, -0.05) is 133 Å². The molecule has 0 radical (unpaired) electrons. The van der Waals surface area contributed by atoms with E-state index in [4.69, 9.17) is 42.7 Å². The first-order valence-corrected chi connectivity index (χ1v) is 24.1. The minimum atomic E-state index is -5.08. The van der Waals surface area contributed by atoms with Crippen LogP contribution >= 0.6 is 0 Å². The Morgan fingerprint density at radius 2 is 1.30 bits per heavy atom. The van der Waals surface area contributed by atoms with Crippen molar-refractivity contribution in [2.75, 3.05) is 18.5 Å². The molecule has 17 nitrogen and oxygen atoms in total. The number of ether oxygens (including phenoxy) is 4. The molecule has 0 bridgehead atoms. The van der Waals surface area contributed by atoms with Crippen LogP contribution in [0.25, 0.3) is 0 Å². The number of rotatable bonds is 15. The Morgan fingerprint density at radius 1 is 0.797 bits per heavy atom. The van der Waals surface area contributed by atoms with Crippen LogP contribution in [0.15, 0.2) is 108 Å². The maximum Gasteiger partial charge on any atom is 0.490 e. The van der Waals surface area contributed by atoms with Crippen molar-refractivity contribution < 1.29 is 70.4 Å². The van der Waals surface area contributed by atoms with Crippen molar-refractivity contribution in [2.45, 2.75) is 127 Å². The summed E-state index contributed by atoms with van der Waals surface area (Å²) in [6.07, 6.45) is -6.93. The molecule has 1 aromatic heterocycles. The number of esters is 1. The first-order chi connectivity index (χ1) is 32.6. The lowest BCUT2D eigenvalue weighted by atomic mass is 10.1. The molecule has 69 heavy (non-hydrogen) atoms. The molecule has 0 unspecified atom stereocenters. The Labute approximate surface area is 399 Å². The number of nitrogens with one attached hydrogen (secondary N) is 2. The lowest BCUT2D eigenvalue weighted by Crippen LogP contribution is -2.65. The highest BCUT2D eigenvalue weighted by Crippen LogP contribution is 2.55. The number of alkyl halides is 3. The summed E-state index contributed by atoms with van der Waals surface area (Å²) in [6.45, 7) is 13.3. The molecular weight excluding hydrogens is 924 g/mol. The van der Waals surface area contributed by atoms with Gasteiger partial charge in [0.1, 0.15) is 50.0 Å². The van der Waals surface area contributed by atoms with E-state index < -0.39 is 69.4 Å². The largest absolute Gasteiger partial charge is 0.490 e. The molecule has 0 aliphatic carbocycles. The predicted octanol–water partition coefficient (Wildman–Crippen LogP) is 8.09. The van der Waals surface area contributed by atoms with E-state index in [-0.39, 0.29) is 60.9 Å². The number of hydrogen-bond donors (Lipinski definition) is 4. The van der Waals surface area contributed by atoms with Gasteiger partial charge in [0.05, 0.1) is 6.61 Å². The Hall–Kier alpha value is -6.13. The molecule has 3 heterocycles. The van der Waals surface area contributed by atoms with Crippen molar-refractivity contribution in [3.05, 3.63) is 126 Å². The monoisotopic (exact) mass is 983 g/mol. The Bertz CT molecular complexity index is 2370. The van der Waals surface area contributed by atoms with Crippen molar-refractivity contribution in [2.24, 2.45) is 4.99 Å². The second-order valence-corrected chi connectivity index (χ2v) is 23.1. The highest BCUT2D eigenvalue weighted by molar-refractivity contribution is 6.73. The number of aliphatic carboxylic acids is 1. The number of carboxylic acids is 1. The number of alkyl carbamates (subject to hydrolysis) is 1. The van der Waals surface area contributed by atoms with E-state index in [1.807, 2.05) is 91.0 Å².